The second kappa shape index (κ2) is 7.83. The molecule has 0 amide bonds. The Bertz CT molecular complexity index is 743. The maximum atomic E-state index is 11.2. The summed E-state index contributed by atoms with van der Waals surface area (Å²) in [6.45, 7) is 0.0133. The molecule has 1 saturated heterocycles. The van der Waals surface area contributed by atoms with Gasteiger partial charge in [-0.15, -0.1) is 0 Å². The highest BCUT2D eigenvalue weighted by atomic mass is 32.2. The van der Waals surface area contributed by atoms with Crippen molar-refractivity contribution in [1.82, 2.24) is 0 Å². The van der Waals surface area contributed by atoms with Crippen LogP contribution in [0.15, 0.2) is 58.3 Å². The summed E-state index contributed by atoms with van der Waals surface area (Å²) in [6.07, 6.45) is -2.11. The largest absolute Gasteiger partial charge is 0.390 e. The van der Waals surface area contributed by atoms with Crippen LogP contribution in [0.1, 0.15) is 6.42 Å². The lowest BCUT2D eigenvalue weighted by atomic mass is 10.1. The topological polar surface area (TPSA) is 105 Å². The number of hydrogen-bond donors (Lipinski definition) is 3. The monoisotopic (exact) mass is 362 g/mol. The number of ether oxygens (including phenoxy) is 1. The van der Waals surface area contributed by atoms with Crippen molar-refractivity contribution < 1.29 is 19.9 Å². The van der Waals surface area contributed by atoms with E-state index in [2.05, 4.69) is 5.32 Å². The van der Waals surface area contributed by atoms with Crippen molar-refractivity contribution in [3.05, 3.63) is 58.6 Å². The van der Waals surface area contributed by atoms with Crippen LogP contribution in [0.5, 0.6) is 0 Å². The van der Waals surface area contributed by atoms with Crippen LogP contribution < -0.4 is 5.32 Å². The smallest absolute Gasteiger partial charge is 0.272 e. The van der Waals surface area contributed by atoms with Crippen molar-refractivity contribution in [3.63, 3.8) is 0 Å². The van der Waals surface area contributed by atoms with E-state index in [0.29, 0.717) is 5.69 Å². The van der Waals surface area contributed by atoms with Gasteiger partial charge in [0.25, 0.3) is 5.69 Å². The van der Waals surface area contributed by atoms with Crippen LogP contribution in [-0.2, 0) is 4.74 Å². The van der Waals surface area contributed by atoms with Gasteiger partial charge in [-0.1, -0.05) is 30.0 Å². The molecule has 7 nitrogen and oxygen atoms in total. The second-order valence-corrected chi connectivity index (χ2v) is 6.87. The van der Waals surface area contributed by atoms with Gasteiger partial charge >= 0.3 is 0 Å². The third kappa shape index (κ3) is 4.70. The summed E-state index contributed by atoms with van der Waals surface area (Å²) < 4.78 is 5.43. The van der Waals surface area contributed by atoms with Crippen molar-refractivity contribution in [2.75, 3.05) is 11.9 Å². The van der Waals surface area contributed by atoms with E-state index in [-0.39, 0.29) is 18.7 Å². The number of aliphatic hydroxyl groups is 2. The van der Waals surface area contributed by atoms with Crippen LogP contribution in [0.3, 0.4) is 0 Å². The fourth-order valence-electron chi connectivity index (χ4n) is 2.51. The maximum Gasteiger partial charge on any atom is 0.272 e. The average Bonchev–Trinajstić information content (AvgIpc) is 2.59. The molecule has 1 aliphatic heterocycles. The van der Waals surface area contributed by atoms with Crippen LogP contribution in [0.2, 0.25) is 0 Å². The summed E-state index contributed by atoms with van der Waals surface area (Å²) in [7, 11) is 0. The highest BCUT2D eigenvalue weighted by Crippen LogP contribution is 2.33. The lowest BCUT2D eigenvalue weighted by Crippen LogP contribution is -2.44. The zero-order chi connectivity index (χ0) is 17.8. The van der Waals surface area contributed by atoms with Crippen molar-refractivity contribution >= 4 is 23.1 Å². The standard InChI is InChI=1S/C17H18N2O5S/c20-15-9-17(24-10-16(15)21)18-11-6-12(19(22)23)8-14(7-11)25-13-4-2-1-3-5-13/h1-8,15-18,20-21H,9-10H2/t15-,16+,17+/m1/s1. The summed E-state index contributed by atoms with van der Waals surface area (Å²) in [5.41, 5.74) is 0.501. The molecule has 3 rings (SSSR count). The Hall–Kier alpha value is -2.13. The van der Waals surface area contributed by atoms with Crippen molar-refractivity contribution in [2.45, 2.75) is 34.6 Å². The highest BCUT2D eigenvalue weighted by Gasteiger charge is 2.28. The SMILES string of the molecule is O=[N+]([O-])c1cc(N[C@@H]2C[C@@H](O)[C@@H](O)CO2)cc(Sc2ccccc2)c1. The van der Waals surface area contributed by atoms with E-state index in [0.717, 1.165) is 9.79 Å². The number of nitro groups is 1. The molecule has 3 atom stereocenters. The summed E-state index contributed by atoms with van der Waals surface area (Å²) in [5.74, 6) is 0. The number of aliphatic hydroxyl groups excluding tert-OH is 2. The number of hydrogen-bond acceptors (Lipinski definition) is 7. The van der Waals surface area contributed by atoms with E-state index in [1.807, 2.05) is 30.3 Å². The third-order valence-electron chi connectivity index (χ3n) is 3.78. The van der Waals surface area contributed by atoms with Crippen LogP contribution >= 0.6 is 11.8 Å². The molecule has 0 saturated carbocycles. The van der Waals surface area contributed by atoms with E-state index in [9.17, 15) is 20.3 Å². The first-order chi connectivity index (χ1) is 12.0. The molecule has 0 aliphatic carbocycles. The summed E-state index contributed by atoms with van der Waals surface area (Å²) >= 11 is 1.42. The van der Waals surface area contributed by atoms with Gasteiger partial charge in [-0.05, 0) is 18.2 Å². The van der Waals surface area contributed by atoms with Gasteiger partial charge in [-0.3, -0.25) is 10.1 Å². The minimum Gasteiger partial charge on any atom is -0.390 e. The minimum atomic E-state index is -0.910. The van der Waals surface area contributed by atoms with Crippen LogP contribution in [0.4, 0.5) is 11.4 Å². The molecule has 0 radical (unpaired) electrons. The van der Waals surface area contributed by atoms with E-state index in [1.165, 1.54) is 23.9 Å². The molecule has 2 aromatic carbocycles. The number of benzene rings is 2. The zero-order valence-corrected chi connectivity index (χ0v) is 14.1. The van der Waals surface area contributed by atoms with Gasteiger partial charge in [0.2, 0.25) is 0 Å². The predicted molar refractivity (Wildman–Crippen MR) is 93.7 cm³/mol. The van der Waals surface area contributed by atoms with Crippen LogP contribution in [0, 0.1) is 10.1 Å². The number of non-ortho nitro benzene ring substituents is 1. The van der Waals surface area contributed by atoms with Gasteiger partial charge in [0.1, 0.15) is 12.3 Å². The summed E-state index contributed by atoms with van der Waals surface area (Å²) in [6, 6.07) is 14.3. The highest BCUT2D eigenvalue weighted by molar-refractivity contribution is 7.99. The molecular weight excluding hydrogens is 344 g/mol. The predicted octanol–water partition coefficient (Wildman–Crippen LogP) is 2.63. The first kappa shape index (κ1) is 17.7. The van der Waals surface area contributed by atoms with E-state index >= 15 is 0 Å². The van der Waals surface area contributed by atoms with Gasteiger partial charge in [0.15, 0.2) is 0 Å². The molecule has 25 heavy (non-hydrogen) atoms. The Morgan fingerprint density at radius 3 is 2.56 bits per heavy atom. The normalized spacial score (nSPS) is 23.2. The first-order valence-electron chi connectivity index (χ1n) is 7.78. The summed E-state index contributed by atoms with van der Waals surface area (Å²) in [4.78, 5) is 12.5. The molecule has 1 heterocycles. The molecule has 3 N–H and O–H groups in total. The Morgan fingerprint density at radius 1 is 1.12 bits per heavy atom. The lowest BCUT2D eigenvalue weighted by molar-refractivity contribution is -0.385. The Kier molecular flexibility index (Phi) is 5.54. The quantitative estimate of drug-likeness (QED) is 0.555. The molecule has 1 aliphatic rings. The number of rotatable bonds is 5. The van der Waals surface area contributed by atoms with Gasteiger partial charge < -0.3 is 20.3 Å². The Morgan fingerprint density at radius 2 is 1.88 bits per heavy atom. The van der Waals surface area contributed by atoms with Gasteiger partial charge in [0.05, 0.1) is 17.6 Å². The molecule has 0 bridgehead atoms. The number of nitrogens with zero attached hydrogens (tertiary/aromatic N) is 1. The molecule has 0 aromatic heterocycles. The lowest BCUT2D eigenvalue weighted by Gasteiger charge is -2.31. The molecule has 8 heteroatoms. The molecule has 132 valence electrons. The van der Waals surface area contributed by atoms with E-state index in [4.69, 9.17) is 4.74 Å². The second-order valence-electron chi connectivity index (χ2n) is 5.72. The van der Waals surface area contributed by atoms with Crippen LogP contribution in [0.25, 0.3) is 0 Å². The number of nitrogens with one attached hydrogen (secondary N) is 1. The van der Waals surface area contributed by atoms with Crippen molar-refractivity contribution in [2.24, 2.45) is 0 Å². The van der Waals surface area contributed by atoms with Gasteiger partial charge in [-0.2, -0.15) is 0 Å². The average molecular weight is 362 g/mol. The van der Waals surface area contributed by atoms with Gasteiger partial charge in [0, 0.05) is 34.0 Å². The summed E-state index contributed by atoms with van der Waals surface area (Å²) in [5, 5.41) is 33.5. The van der Waals surface area contributed by atoms with E-state index < -0.39 is 23.4 Å². The van der Waals surface area contributed by atoms with Crippen LogP contribution in [-0.4, -0.2) is 40.2 Å². The molecule has 0 spiro atoms. The Balaban J connectivity index is 1.79. The zero-order valence-electron chi connectivity index (χ0n) is 13.2. The molecule has 1 fully saturated rings. The van der Waals surface area contributed by atoms with E-state index in [1.54, 1.807) is 6.07 Å². The maximum absolute atomic E-state index is 11.2. The Labute approximate surface area is 148 Å². The van der Waals surface area contributed by atoms with Crippen molar-refractivity contribution in [1.29, 1.82) is 0 Å². The molecule has 2 aromatic rings. The first-order valence-corrected chi connectivity index (χ1v) is 8.59. The number of nitro benzene ring substituents is 1. The third-order valence-corrected chi connectivity index (χ3v) is 4.76. The number of anilines is 1. The van der Waals surface area contributed by atoms with Crippen molar-refractivity contribution in [3.8, 4) is 0 Å². The minimum absolute atomic E-state index is 0.0133. The fourth-order valence-corrected chi connectivity index (χ4v) is 3.44. The van der Waals surface area contributed by atoms with Gasteiger partial charge in [-0.25, -0.2) is 0 Å². The fraction of sp³-hybridized carbons (Fsp3) is 0.294. The molecule has 0 unspecified atom stereocenters. The molecular formula is C17H18N2O5S.